The van der Waals surface area contributed by atoms with Crippen molar-refractivity contribution in [2.24, 2.45) is 0 Å². The zero-order valence-electron chi connectivity index (χ0n) is 16.7. The standard InChI is InChI=1S/C23H28N2O3/c1-4-13-28-21-11-9-17(14-22(21)27-3)16(2)25-23(26)12-10-18-15-24-20-8-6-5-7-19(18)20/h5-9,11,14-16,24H,4,10,12-13H2,1-3H3,(H,25,26)/t16-/m1/s1. The van der Waals surface area contributed by atoms with Crippen LogP contribution in [0.5, 0.6) is 11.5 Å². The second kappa shape index (κ2) is 9.31. The summed E-state index contributed by atoms with van der Waals surface area (Å²) in [6, 6.07) is 13.8. The van der Waals surface area contributed by atoms with Gasteiger partial charge in [-0.25, -0.2) is 0 Å². The minimum atomic E-state index is -0.107. The number of aromatic amines is 1. The van der Waals surface area contributed by atoms with Crippen LogP contribution in [-0.2, 0) is 11.2 Å². The summed E-state index contributed by atoms with van der Waals surface area (Å²) in [6.07, 6.45) is 4.08. The highest BCUT2D eigenvalue weighted by Gasteiger charge is 2.14. The Labute approximate surface area is 166 Å². The molecule has 0 bridgehead atoms. The van der Waals surface area contributed by atoms with Gasteiger partial charge in [0.25, 0.3) is 0 Å². The first-order valence-electron chi connectivity index (χ1n) is 9.77. The Kier molecular flexibility index (Phi) is 6.58. The largest absolute Gasteiger partial charge is 0.493 e. The Morgan fingerprint density at radius 3 is 2.79 bits per heavy atom. The van der Waals surface area contributed by atoms with E-state index < -0.39 is 0 Å². The van der Waals surface area contributed by atoms with Gasteiger partial charge >= 0.3 is 0 Å². The Bertz CT molecular complexity index is 932. The molecule has 148 valence electrons. The summed E-state index contributed by atoms with van der Waals surface area (Å²) in [5.74, 6) is 1.44. The molecule has 2 N–H and O–H groups in total. The molecule has 2 aromatic carbocycles. The van der Waals surface area contributed by atoms with Crippen LogP contribution in [0.15, 0.2) is 48.7 Å². The van der Waals surface area contributed by atoms with E-state index in [4.69, 9.17) is 9.47 Å². The molecule has 1 heterocycles. The molecule has 1 aromatic heterocycles. The van der Waals surface area contributed by atoms with Gasteiger partial charge in [0.15, 0.2) is 11.5 Å². The van der Waals surface area contributed by atoms with Gasteiger partial charge in [0.2, 0.25) is 5.91 Å². The number of carbonyl (C=O) groups excluding carboxylic acids is 1. The van der Waals surface area contributed by atoms with E-state index in [1.165, 1.54) is 5.39 Å². The lowest BCUT2D eigenvalue weighted by molar-refractivity contribution is -0.121. The molecule has 0 aliphatic carbocycles. The van der Waals surface area contributed by atoms with Crippen molar-refractivity contribution >= 4 is 16.8 Å². The van der Waals surface area contributed by atoms with Gasteiger partial charge in [0, 0.05) is 23.5 Å². The average Bonchev–Trinajstić information content (AvgIpc) is 3.13. The first-order chi connectivity index (χ1) is 13.6. The zero-order valence-corrected chi connectivity index (χ0v) is 16.7. The van der Waals surface area contributed by atoms with E-state index in [0.29, 0.717) is 25.2 Å². The number of benzene rings is 2. The van der Waals surface area contributed by atoms with Gasteiger partial charge < -0.3 is 19.8 Å². The molecule has 1 amide bonds. The molecule has 0 aliphatic heterocycles. The number of amides is 1. The van der Waals surface area contributed by atoms with Gasteiger partial charge in [-0.05, 0) is 49.1 Å². The number of aryl methyl sites for hydroxylation is 1. The molecule has 3 rings (SSSR count). The van der Waals surface area contributed by atoms with E-state index in [2.05, 4.69) is 23.3 Å². The molecule has 0 radical (unpaired) electrons. The van der Waals surface area contributed by atoms with Gasteiger partial charge in [-0.15, -0.1) is 0 Å². The van der Waals surface area contributed by atoms with Gasteiger partial charge in [-0.1, -0.05) is 31.2 Å². The number of carbonyl (C=O) groups is 1. The average molecular weight is 380 g/mol. The number of hydrogen-bond acceptors (Lipinski definition) is 3. The van der Waals surface area contributed by atoms with E-state index >= 15 is 0 Å². The van der Waals surface area contributed by atoms with Crippen molar-refractivity contribution in [2.45, 2.75) is 39.2 Å². The fourth-order valence-corrected chi connectivity index (χ4v) is 3.27. The van der Waals surface area contributed by atoms with Crippen molar-refractivity contribution in [1.82, 2.24) is 10.3 Å². The number of aromatic nitrogens is 1. The highest BCUT2D eigenvalue weighted by Crippen LogP contribution is 2.30. The third-order valence-corrected chi connectivity index (χ3v) is 4.82. The third kappa shape index (κ3) is 4.66. The van der Waals surface area contributed by atoms with E-state index in [1.807, 2.05) is 49.5 Å². The minimum Gasteiger partial charge on any atom is -0.493 e. The molecule has 0 aliphatic rings. The molecule has 0 saturated carbocycles. The maximum atomic E-state index is 12.4. The second-order valence-electron chi connectivity index (χ2n) is 6.91. The van der Waals surface area contributed by atoms with Crippen molar-refractivity contribution in [3.05, 3.63) is 59.8 Å². The molecule has 3 aromatic rings. The van der Waals surface area contributed by atoms with E-state index in [0.717, 1.165) is 28.8 Å². The Hall–Kier alpha value is -2.95. The molecule has 5 heteroatoms. The number of hydrogen-bond donors (Lipinski definition) is 2. The summed E-state index contributed by atoms with van der Waals surface area (Å²) >= 11 is 0. The van der Waals surface area contributed by atoms with Crippen LogP contribution in [0, 0.1) is 0 Å². The maximum absolute atomic E-state index is 12.4. The maximum Gasteiger partial charge on any atom is 0.220 e. The molecule has 28 heavy (non-hydrogen) atoms. The van der Waals surface area contributed by atoms with Crippen molar-refractivity contribution in [3.63, 3.8) is 0 Å². The van der Waals surface area contributed by atoms with Crippen LogP contribution in [0.1, 0.15) is 43.9 Å². The van der Waals surface area contributed by atoms with E-state index in [1.54, 1.807) is 7.11 Å². The molecule has 0 unspecified atom stereocenters. The van der Waals surface area contributed by atoms with Crippen molar-refractivity contribution < 1.29 is 14.3 Å². The molecule has 1 atom stereocenters. The highest BCUT2D eigenvalue weighted by molar-refractivity contribution is 5.84. The lowest BCUT2D eigenvalue weighted by atomic mass is 10.1. The fourth-order valence-electron chi connectivity index (χ4n) is 3.27. The van der Waals surface area contributed by atoms with Crippen LogP contribution in [0.2, 0.25) is 0 Å². The third-order valence-electron chi connectivity index (χ3n) is 4.82. The van der Waals surface area contributed by atoms with Crippen molar-refractivity contribution in [1.29, 1.82) is 0 Å². The van der Waals surface area contributed by atoms with Gasteiger partial charge in [0.1, 0.15) is 0 Å². The predicted molar refractivity (Wildman–Crippen MR) is 112 cm³/mol. The molecular formula is C23H28N2O3. The van der Waals surface area contributed by atoms with Crippen LogP contribution >= 0.6 is 0 Å². The Morgan fingerprint density at radius 1 is 1.18 bits per heavy atom. The summed E-state index contributed by atoms with van der Waals surface area (Å²) in [5.41, 5.74) is 3.25. The highest BCUT2D eigenvalue weighted by atomic mass is 16.5. The normalized spacial score (nSPS) is 12.0. The smallest absolute Gasteiger partial charge is 0.220 e. The number of methoxy groups -OCH3 is 1. The van der Waals surface area contributed by atoms with Crippen LogP contribution in [0.4, 0.5) is 0 Å². The van der Waals surface area contributed by atoms with Crippen LogP contribution in [0.3, 0.4) is 0 Å². The summed E-state index contributed by atoms with van der Waals surface area (Å²) < 4.78 is 11.1. The Balaban J connectivity index is 1.59. The molecule has 5 nitrogen and oxygen atoms in total. The molecule has 0 fully saturated rings. The minimum absolute atomic E-state index is 0.0306. The van der Waals surface area contributed by atoms with Crippen molar-refractivity contribution in [3.8, 4) is 11.5 Å². The molecule has 0 saturated heterocycles. The van der Waals surface area contributed by atoms with Crippen LogP contribution in [-0.4, -0.2) is 24.6 Å². The lowest BCUT2D eigenvalue weighted by Gasteiger charge is -2.17. The monoisotopic (exact) mass is 380 g/mol. The number of H-pyrrole nitrogens is 1. The molecule has 0 spiro atoms. The Morgan fingerprint density at radius 2 is 2.00 bits per heavy atom. The topological polar surface area (TPSA) is 63.3 Å². The van der Waals surface area contributed by atoms with Crippen LogP contribution < -0.4 is 14.8 Å². The number of ether oxygens (including phenoxy) is 2. The zero-order chi connectivity index (χ0) is 19.9. The van der Waals surface area contributed by atoms with Gasteiger partial charge in [-0.2, -0.15) is 0 Å². The number of para-hydroxylation sites is 1. The van der Waals surface area contributed by atoms with Crippen molar-refractivity contribution in [2.75, 3.05) is 13.7 Å². The first kappa shape index (κ1) is 19.8. The summed E-state index contributed by atoms with van der Waals surface area (Å²) in [4.78, 5) is 15.7. The first-order valence-corrected chi connectivity index (χ1v) is 9.77. The second-order valence-corrected chi connectivity index (χ2v) is 6.91. The van der Waals surface area contributed by atoms with E-state index in [9.17, 15) is 4.79 Å². The SMILES string of the molecule is CCCOc1ccc([C@@H](C)NC(=O)CCc2c[nH]c3ccccc23)cc1OC. The number of rotatable bonds is 9. The fraction of sp³-hybridized carbons (Fsp3) is 0.348. The van der Waals surface area contributed by atoms with E-state index in [-0.39, 0.29) is 11.9 Å². The molecular weight excluding hydrogens is 352 g/mol. The number of nitrogens with one attached hydrogen (secondary N) is 2. The van der Waals surface area contributed by atoms with Crippen LogP contribution in [0.25, 0.3) is 10.9 Å². The summed E-state index contributed by atoms with van der Waals surface area (Å²) in [6.45, 7) is 4.69. The summed E-state index contributed by atoms with van der Waals surface area (Å²) in [5, 5.41) is 4.25. The quantitative estimate of drug-likeness (QED) is 0.562. The van der Waals surface area contributed by atoms with Gasteiger partial charge in [0.05, 0.1) is 19.8 Å². The lowest BCUT2D eigenvalue weighted by Crippen LogP contribution is -2.26. The predicted octanol–water partition coefficient (Wildman–Crippen LogP) is 4.78. The van der Waals surface area contributed by atoms with Gasteiger partial charge in [-0.3, -0.25) is 4.79 Å². The summed E-state index contributed by atoms with van der Waals surface area (Å²) in [7, 11) is 1.63. The number of fused-ring (bicyclic) bond motifs is 1.